The molecule has 128 valence electrons. The van der Waals surface area contributed by atoms with E-state index < -0.39 is 0 Å². The molecule has 1 amide bonds. The van der Waals surface area contributed by atoms with Gasteiger partial charge in [-0.3, -0.25) is 4.79 Å². The van der Waals surface area contributed by atoms with Crippen molar-refractivity contribution in [3.8, 4) is 0 Å². The molecule has 3 rings (SSSR count). The summed E-state index contributed by atoms with van der Waals surface area (Å²) in [5.74, 6) is 2.27. The number of thioether (sulfide) groups is 1. The molecule has 0 aliphatic heterocycles. The maximum absolute atomic E-state index is 12.1. The molecule has 2 aliphatic carbocycles. The van der Waals surface area contributed by atoms with Crippen LogP contribution in [0, 0.1) is 0 Å². The molecule has 1 aromatic rings. The third-order valence-corrected chi connectivity index (χ3v) is 5.84. The Morgan fingerprint density at radius 2 is 1.78 bits per heavy atom. The highest BCUT2D eigenvalue weighted by Crippen LogP contribution is 2.29. The lowest BCUT2D eigenvalue weighted by atomic mass is 10.1. The number of rotatable bonds is 6. The predicted molar refractivity (Wildman–Crippen MR) is 91.1 cm³/mol. The molecule has 2 aliphatic rings. The van der Waals surface area contributed by atoms with Gasteiger partial charge < -0.3 is 5.32 Å². The van der Waals surface area contributed by atoms with Crippen molar-refractivity contribution >= 4 is 17.7 Å². The Labute approximate surface area is 142 Å². The average molecular weight is 337 g/mol. The SMILES string of the molecule is O=C(CSCc1nnnn1C1CCCC1)NC1CCCCCC1. The van der Waals surface area contributed by atoms with Gasteiger partial charge in [0.05, 0.1) is 17.5 Å². The maximum Gasteiger partial charge on any atom is 0.230 e. The number of amides is 1. The van der Waals surface area contributed by atoms with E-state index in [0.717, 1.165) is 18.7 Å². The molecule has 0 aromatic carbocycles. The van der Waals surface area contributed by atoms with Crippen molar-refractivity contribution in [3.05, 3.63) is 5.82 Å². The summed E-state index contributed by atoms with van der Waals surface area (Å²) in [6, 6.07) is 0.842. The number of carbonyl (C=O) groups excluding carboxylic acids is 1. The Hall–Kier alpha value is -1.11. The molecule has 2 fully saturated rings. The van der Waals surface area contributed by atoms with Crippen molar-refractivity contribution in [1.29, 1.82) is 0 Å². The second-order valence-corrected chi connectivity index (χ2v) is 7.71. The highest BCUT2D eigenvalue weighted by atomic mass is 32.2. The highest BCUT2D eigenvalue weighted by molar-refractivity contribution is 7.99. The Bertz CT molecular complexity index is 492. The summed E-state index contributed by atoms with van der Waals surface area (Å²) >= 11 is 1.61. The van der Waals surface area contributed by atoms with Gasteiger partial charge in [0.2, 0.25) is 5.91 Å². The van der Waals surface area contributed by atoms with E-state index in [9.17, 15) is 4.79 Å². The molecule has 0 spiro atoms. The standard InChI is InChI=1S/C16H27N5OS/c22-16(17-13-7-3-1-2-4-8-13)12-23-11-15-18-19-20-21(15)14-9-5-6-10-14/h13-14H,1-12H2,(H,17,22). The molecule has 0 saturated heterocycles. The van der Waals surface area contributed by atoms with Gasteiger partial charge >= 0.3 is 0 Å². The number of tetrazole rings is 1. The van der Waals surface area contributed by atoms with Gasteiger partial charge in [0.1, 0.15) is 0 Å². The molecular formula is C16H27N5OS. The molecule has 0 radical (unpaired) electrons. The second kappa shape index (κ2) is 8.66. The summed E-state index contributed by atoms with van der Waals surface area (Å²) in [6.45, 7) is 0. The van der Waals surface area contributed by atoms with Crippen molar-refractivity contribution in [2.24, 2.45) is 0 Å². The minimum Gasteiger partial charge on any atom is -0.353 e. The third-order valence-electron chi connectivity index (χ3n) is 4.92. The first-order chi connectivity index (χ1) is 11.3. The zero-order valence-electron chi connectivity index (χ0n) is 13.7. The van der Waals surface area contributed by atoms with Crippen LogP contribution in [0.1, 0.15) is 76.1 Å². The van der Waals surface area contributed by atoms with Gasteiger partial charge in [-0.2, -0.15) is 0 Å². The summed E-state index contributed by atoms with van der Waals surface area (Å²) < 4.78 is 1.98. The molecule has 1 N–H and O–H groups in total. The van der Waals surface area contributed by atoms with Crippen molar-refractivity contribution in [1.82, 2.24) is 25.5 Å². The molecule has 7 heteroatoms. The van der Waals surface area contributed by atoms with E-state index in [0.29, 0.717) is 23.6 Å². The van der Waals surface area contributed by atoms with Crippen LogP contribution in [0.2, 0.25) is 0 Å². The van der Waals surface area contributed by atoms with E-state index in [-0.39, 0.29) is 5.91 Å². The van der Waals surface area contributed by atoms with Gasteiger partial charge in [0.15, 0.2) is 5.82 Å². The van der Waals surface area contributed by atoms with Gasteiger partial charge in [0, 0.05) is 6.04 Å². The normalized spacial score (nSPS) is 20.5. The monoisotopic (exact) mass is 337 g/mol. The van der Waals surface area contributed by atoms with Crippen molar-refractivity contribution in [2.45, 2.75) is 82.0 Å². The van der Waals surface area contributed by atoms with Crippen molar-refractivity contribution in [2.75, 3.05) is 5.75 Å². The molecule has 2 saturated carbocycles. The fraction of sp³-hybridized carbons (Fsp3) is 0.875. The number of hydrogen-bond donors (Lipinski definition) is 1. The average Bonchev–Trinajstić information content (AvgIpc) is 3.15. The molecular weight excluding hydrogens is 310 g/mol. The smallest absolute Gasteiger partial charge is 0.230 e. The third kappa shape index (κ3) is 4.93. The lowest BCUT2D eigenvalue weighted by Crippen LogP contribution is -2.35. The van der Waals surface area contributed by atoms with Crippen LogP contribution in [-0.2, 0) is 10.5 Å². The molecule has 0 unspecified atom stereocenters. The summed E-state index contributed by atoms with van der Waals surface area (Å²) in [5, 5.41) is 15.3. The number of nitrogens with one attached hydrogen (secondary N) is 1. The quantitative estimate of drug-likeness (QED) is 0.808. The predicted octanol–water partition coefficient (Wildman–Crippen LogP) is 2.86. The lowest BCUT2D eigenvalue weighted by molar-refractivity contribution is -0.119. The van der Waals surface area contributed by atoms with Gasteiger partial charge in [-0.15, -0.1) is 16.9 Å². The van der Waals surface area contributed by atoms with Crippen LogP contribution in [0.25, 0.3) is 0 Å². The molecule has 1 aromatic heterocycles. The van der Waals surface area contributed by atoms with E-state index in [2.05, 4.69) is 20.8 Å². The molecule has 6 nitrogen and oxygen atoms in total. The Morgan fingerprint density at radius 1 is 1.09 bits per heavy atom. The molecule has 0 atom stereocenters. The Morgan fingerprint density at radius 3 is 2.52 bits per heavy atom. The van der Waals surface area contributed by atoms with Crippen LogP contribution in [0.5, 0.6) is 0 Å². The lowest BCUT2D eigenvalue weighted by Gasteiger charge is -2.16. The number of carbonyl (C=O) groups is 1. The topological polar surface area (TPSA) is 72.7 Å². The number of aromatic nitrogens is 4. The number of nitrogens with zero attached hydrogens (tertiary/aromatic N) is 4. The zero-order chi connectivity index (χ0) is 15.9. The van der Waals surface area contributed by atoms with Crippen LogP contribution in [-0.4, -0.2) is 37.9 Å². The van der Waals surface area contributed by atoms with E-state index in [1.54, 1.807) is 11.8 Å². The van der Waals surface area contributed by atoms with Gasteiger partial charge in [-0.05, 0) is 36.1 Å². The molecule has 0 bridgehead atoms. The first kappa shape index (κ1) is 16.7. The molecule has 23 heavy (non-hydrogen) atoms. The summed E-state index contributed by atoms with van der Waals surface area (Å²) in [7, 11) is 0. The van der Waals surface area contributed by atoms with Crippen LogP contribution < -0.4 is 5.32 Å². The molecule has 1 heterocycles. The largest absolute Gasteiger partial charge is 0.353 e. The van der Waals surface area contributed by atoms with E-state index in [1.807, 2.05) is 4.68 Å². The zero-order valence-corrected chi connectivity index (χ0v) is 14.6. The Balaban J connectivity index is 1.40. The minimum atomic E-state index is 0.154. The first-order valence-electron chi connectivity index (χ1n) is 8.97. The fourth-order valence-electron chi connectivity index (χ4n) is 3.67. The number of hydrogen-bond acceptors (Lipinski definition) is 5. The van der Waals surface area contributed by atoms with Crippen LogP contribution in [0.3, 0.4) is 0 Å². The fourth-order valence-corrected chi connectivity index (χ4v) is 4.41. The van der Waals surface area contributed by atoms with Crippen LogP contribution >= 0.6 is 11.8 Å². The summed E-state index contributed by atoms with van der Waals surface area (Å²) in [4.78, 5) is 12.1. The first-order valence-corrected chi connectivity index (χ1v) is 10.1. The van der Waals surface area contributed by atoms with Gasteiger partial charge in [-0.1, -0.05) is 38.5 Å². The van der Waals surface area contributed by atoms with Gasteiger partial charge in [-0.25, -0.2) is 4.68 Å². The van der Waals surface area contributed by atoms with E-state index in [4.69, 9.17) is 0 Å². The van der Waals surface area contributed by atoms with Gasteiger partial charge in [0.25, 0.3) is 0 Å². The second-order valence-electron chi connectivity index (χ2n) is 6.73. The van der Waals surface area contributed by atoms with E-state index in [1.165, 1.54) is 51.4 Å². The Kier molecular flexibility index (Phi) is 6.30. The maximum atomic E-state index is 12.1. The minimum absolute atomic E-state index is 0.154. The van der Waals surface area contributed by atoms with Crippen molar-refractivity contribution in [3.63, 3.8) is 0 Å². The van der Waals surface area contributed by atoms with Crippen LogP contribution in [0.15, 0.2) is 0 Å². The summed E-state index contributed by atoms with van der Waals surface area (Å²) in [6.07, 6.45) is 12.3. The highest BCUT2D eigenvalue weighted by Gasteiger charge is 2.21. The van der Waals surface area contributed by atoms with Crippen LogP contribution in [0.4, 0.5) is 0 Å². The van der Waals surface area contributed by atoms with Crippen molar-refractivity contribution < 1.29 is 4.79 Å². The van der Waals surface area contributed by atoms with E-state index >= 15 is 0 Å². The summed E-state index contributed by atoms with van der Waals surface area (Å²) in [5.41, 5.74) is 0.